The molecule has 5 nitrogen and oxygen atoms in total. The van der Waals surface area contributed by atoms with Crippen LogP contribution in [0.5, 0.6) is 5.75 Å². The van der Waals surface area contributed by atoms with E-state index in [-0.39, 0.29) is 5.69 Å². The van der Waals surface area contributed by atoms with E-state index in [9.17, 15) is 22.8 Å². The van der Waals surface area contributed by atoms with E-state index in [1.807, 2.05) is 13.0 Å². The van der Waals surface area contributed by atoms with Crippen LogP contribution in [0.15, 0.2) is 48.5 Å². The molecule has 0 unspecified atom stereocenters. The van der Waals surface area contributed by atoms with E-state index in [0.717, 1.165) is 17.7 Å². The predicted octanol–water partition coefficient (Wildman–Crippen LogP) is 3.96. The molecule has 8 heteroatoms. The van der Waals surface area contributed by atoms with Gasteiger partial charge in [-0.05, 0) is 49.7 Å². The zero-order valence-corrected chi connectivity index (χ0v) is 14.7. The Bertz CT molecular complexity index is 821. The second kappa shape index (κ2) is 8.57. The molecular formula is C19H18F3NO4. The van der Waals surface area contributed by atoms with Gasteiger partial charge < -0.3 is 14.8 Å². The number of halogens is 3. The number of carbonyl (C=O) groups is 2. The van der Waals surface area contributed by atoms with Crippen molar-refractivity contribution in [2.24, 2.45) is 0 Å². The summed E-state index contributed by atoms with van der Waals surface area (Å²) < 4.78 is 48.2. The third kappa shape index (κ3) is 6.32. The van der Waals surface area contributed by atoms with Crippen LogP contribution in [0, 0.1) is 6.92 Å². The van der Waals surface area contributed by atoms with Crippen molar-refractivity contribution in [2.75, 3.05) is 11.9 Å². The molecule has 1 N–H and O–H groups in total. The molecule has 0 aliphatic carbocycles. The van der Waals surface area contributed by atoms with E-state index in [4.69, 9.17) is 9.47 Å². The molecule has 144 valence electrons. The van der Waals surface area contributed by atoms with E-state index in [1.165, 1.54) is 19.1 Å². The van der Waals surface area contributed by atoms with Crippen molar-refractivity contribution < 1.29 is 32.2 Å². The smallest absolute Gasteiger partial charge is 0.416 e. The van der Waals surface area contributed by atoms with Gasteiger partial charge in [0, 0.05) is 5.69 Å². The summed E-state index contributed by atoms with van der Waals surface area (Å²) in [7, 11) is 0. The fraction of sp³-hybridized carbons (Fsp3) is 0.263. The Morgan fingerprint density at radius 2 is 1.81 bits per heavy atom. The van der Waals surface area contributed by atoms with Gasteiger partial charge in [-0.15, -0.1) is 0 Å². The molecule has 0 spiro atoms. The molecule has 1 atom stereocenters. The standard InChI is InChI=1S/C19H18F3NO4/c1-12-5-3-8-16(9-12)27-13(2)18(25)26-11-17(24)23-15-7-4-6-14(10-15)19(20,21)22/h3-10,13H,11H2,1-2H3,(H,23,24)/t13-/m0/s1. The summed E-state index contributed by atoms with van der Waals surface area (Å²) >= 11 is 0. The molecule has 0 aliphatic rings. The Morgan fingerprint density at radius 1 is 1.11 bits per heavy atom. The normalized spacial score (nSPS) is 12.2. The number of amides is 1. The summed E-state index contributed by atoms with van der Waals surface area (Å²) in [6, 6.07) is 11.2. The van der Waals surface area contributed by atoms with Crippen LogP contribution in [0.4, 0.5) is 18.9 Å². The Balaban J connectivity index is 1.85. The molecule has 0 bridgehead atoms. The zero-order chi connectivity index (χ0) is 20.0. The maximum absolute atomic E-state index is 12.7. The fourth-order valence-corrected chi connectivity index (χ4v) is 2.17. The van der Waals surface area contributed by atoms with E-state index in [2.05, 4.69) is 5.32 Å². The first-order chi connectivity index (χ1) is 12.6. The summed E-state index contributed by atoms with van der Waals surface area (Å²) in [4.78, 5) is 23.7. The molecule has 2 aromatic carbocycles. The van der Waals surface area contributed by atoms with Crippen molar-refractivity contribution in [1.29, 1.82) is 0 Å². The van der Waals surface area contributed by atoms with Gasteiger partial charge in [0.1, 0.15) is 5.75 Å². The van der Waals surface area contributed by atoms with Gasteiger partial charge >= 0.3 is 12.1 Å². The minimum Gasteiger partial charge on any atom is -0.479 e. The number of hydrogen-bond donors (Lipinski definition) is 1. The van der Waals surface area contributed by atoms with E-state index >= 15 is 0 Å². The average molecular weight is 381 g/mol. The minimum atomic E-state index is -4.52. The van der Waals surface area contributed by atoms with Crippen LogP contribution in [0.3, 0.4) is 0 Å². The molecule has 27 heavy (non-hydrogen) atoms. The maximum Gasteiger partial charge on any atom is 0.416 e. The number of hydrogen-bond acceptors (Lipinski definition) is 4. The monoisotopic (exact) mass is 381 g/mol. The molecule has 1 amide bonds. The van der Waals surface area contributed by atoms with Crippen LogP contribution in [0.1, 0.15) is 18.1 Å². The molecule has 0 aliphatic heterocycles. The van der Waals surface area contributed by atoms with Gasteiger partial charge in [0.25, 0.3) is 5.91 Å². The quantitative estimate of drug-likeness (QED) is 0.770. The number of rotatable bonds is 6. The lowest BCUT2D eigenvalue weighted by molar-refractivity contribution is -0.153. The Hall–Kier alpha value is -3.03. The Kier molecular flexibility index (Phi) is 6.44. The lowest BCUT2D eigenvalue weighted by Gasteiger charge is -2.14. The first kappa shape index (κ1) is 20.3. The number of esters is 1. The highest BCUT2D eigenvalue weighted by molar-refractivity contribution is 5.93. The van der Waals surface area contributed by atoms with Crippen molar-refractivity contribution in [2.45, 2.75) is 26.1 Å². The first-order valence-electron chi connectivity index (χ1n) is 8.02. The number of aryl methyl sites for hydroxylation is 1. The summed E-state index contributed by atoms with van der Waals surface area (Å²) in [6.45, 7) is 2.69. The zero-order valence-electron chi connectivity index (χ0n) is 14.7. The van der Waals surface area contributed by atoms with Gasteiger partial charge in [0.05, 0.1) is 5.56 Å². The van der Waals surface area contributed by atoms with Crippen LogP contribution in [-0.4, -0.2) is 24.6 Å². The number of anilines is 1. The summed E-state index contributed by atoms with van der Waals surface area (Å²) in [5.41, 5.74) is 0.0148. The lowest BCUT2D eigenvalue weighted by Crippen LogP contribution is -2.29. The highest BCUT2D eigenvalue weighted by Crippen LogP contribution is 2.30. The van der Waals surface area contributed by atoms with Gasteiger partial charge in [0.15, 0.2) is 12.7 Å². The first-order valence-corrected chi connectivity index (χ1v) is 8.02. The topological polar surface area (TPSA) is 64.6 Å². The molecule has 0 heterocycles. The van der Waals surface area contributed by atoms with Gasteiger partial charge in [-0.3, -0.25) is 4.79 Å². The largest absolute Gasteiger partial charge is 0.479 e. The second-order valence-electron chi connectivity index (χ2n) is 5.81. The molecule has 2 aromatic rings. The van der Waals surface area contributed by atoms with Crippen LogP contribution in [-0.2, 0) is 20.5 Å². The third-order valence-electron chi connectivity index (χ3n) is 3.45. The van der Waals surface area contributed by atoms with Crippen molar-refractivity contribution in [3.63, 3.8) is 0 Å². The molecule has 0 saturated carbocycles. The van der Waals surface area contributed by atoms with Crippen LogP contribution in [0.25, 0.3) is 0 Å². The van der Waals surface area contributed by atoms with Crippen molar-refractivity contribution in [3.8, 4) is 5.75 Å². The highest BCUT2D eigenvalue weighted by Gasteiger charge is 2.30. The van der Waals surface area contributed by atoms with Gasteiger partial charge in [-0.1, -0.05) is 18.2 Å². The number of alkyl halides is 3. The molecular weight excluding hydrogens is 363 g/mol. The second-order valence-corrected chi connectivity index (χ2v) is 5.81. The minimum absolute atomic E-state index is 0.0464. The highest BCUT2D eigenvalue weighted by atomic mass is 19.4. The van der Waals surface area contributed by atoms with Gasteiger partial charge in [-0.25, -0.2) is 4.79 Å². The number of benzene rings is 2. The van der Waals surface area contributed by atoms with Crippen LogP contribution >= 0.6 is 0 Å². The fourth-order valence-electron chi connectivity index (χ4n) is 2.17. The van der Waals surface area contributed by atoms with E-state index < -0.39 is 36.3 Å². The summed E-state index contributed by atoms with van der Waals surface area (Å²) in [5.74, 6) is -1.05. The van der Waals surface area contributed by atoms with E-state index in [1.54, 1.807) is 18.2 Å². The Morgan fingerprint density at radius 3 is 2.48 bits per heavy atom. The molecule has 2 rings (SSSR count). The molecule has 0 radical (unpaired) electrons. The summed E-state index contributed by atoms with van der Waals surface area (Å²) in [5, 5.41) is 2.25. The van der Waals surface area contributed by atoms with E-state index in [0.29, 0.717) is 5.75 Å². The number of carbonyl (C=O) groups excluding carboxylic acids is 2. The van der Waals surface area contributed by atoms with Gasteiger partial charge in [-0.2, -0.15) is 13.2 Å². The van der Waals surface area contributed by atoms with Gasteiger partial charge in [0.2, 0.25) is 0 Å². The van der Waals surface area contributed by atoms with Crippen LogP contribution in [0.2, 0.25) is 0 Å². The van der Waals surface area contributed by atoms with Crippen molar-refractivity contribution >= 4 is 17.6 Å². The Labute approximate surface area is 154 Å². The van der Waals surface area contributed by atoms with Crippen LogP contribution < -0.4 is 10.1 Å². The van der Waals surface area contributed by atoms with Crippen molar-refractivity contribution in [1.82, 2.24) is 0 Å². The predicted molar refractivity (Wildman–Crippen MR) is 92.3 cm³/mol. The molecule has 0 fully saturated rings. The summed E-state index contributed by atoms with van der Waals surface area (Å²) in [6.07, 6.45) is -5.47. The SMILES string of the molecule is Cc1cccc(O[C@@H](C)C(=O)OCC(=O)Nc2cccc(C(F)(F)F)c2)c1. The number of ether oxygens (including phenoxy) is 2. The number of nitrogens with one attached hydrogen (secondary N) is 1. The lowest BCUT2D eigenvalue weighted by atomic mass is 10.2. The third-order valence-corrected chi connectivity index (χ3v) is 3.45. The molecule has 0 aromatic heterocycles. The van der Waals surface area contributed by atoms with Crippen molar-refractivity contribution in [3.05, 3.63) is 59.7 Å². The maximum atomic E-state index is 12.7. The average Bonchev–Trinajstić information content (AvgIpc) is 2.59. The molecule has 0 saturated heterocycles.